The SMILES string of the molecule is Oc1ccc([N+]2=c3ccccc3=C(c3ccccc3)C2)cc1. The largest absolute Gasteiger partial charge is 0.508 e. The second-order valence-corrected chi connectivity index (χ2v) is 5.46. The van der Waals surface area contributed by atoms with Crippen molar-refractivity contribution in [2.24, 2.45) is 0 Å². The average molecular weight is 286 g/mol. The smallest absolute Gasteiger partial charge is 0.213 e. The van der Waals surface area contributed by atoms with E-state index in [1.54, 1.807) is 12.1 Å². The summed E-state index contributed by atoms with van der Waals surface area (Å²) >= 11 is 0. The minimum Gasteiger partial charge on any atom is -0.508 e. The molecular weight excluding hydrogens is 270 g/mol. The molecule has 0 unspecified atom stereocenters. The summed E-state index contributed by atoms with van der Waals surface area (Å²) in [7, 11) is 0. The molecule has 1 aliphatic heterocycles. The van der Waals surface area contributed by atoms with Crippen molar-refractivity contribution in [1.29, 1.82) is 0 Å². The maximum atomic E-state index is 9.50. The number of benzene rings is 3. The van der Waals surface area contributed by atoms with Gasteiger partial charge in [0.2, 0.25) is 11.0 Å². The van der Waals surface area contributed by atoms with Gasteiger partial charge in [-0.2, -0.15) is 4.58 Å². The molecule has 1 aliphatic rings. The quantitative estimate of drug-likeness (QED) is 0.719. The molecule has 0 saturated heterocycles. The molecule has 0 spiro atoms. The number of fused-ring (bicyclic) bond motifs is 1. The lowest BCUT2D eigenvalue weighted by atomic mass is 10.0. The fourth-order valence-corrected chi connectivity index (χ4v) is 3.04. The van der Waals surface area contributed by atoms with Crippen LogP contribution in [0.15, 0.2) is 78.9 Å². The first-order valence-corrected chi connectivity index (χ1v) is 7.40. The van der Waals surface area contributed by atoms with E-state index >= 15 is 0 Å². The van der Waals surface area contributed by atoms with Gasteiger partial charge in [-0.25, -0.2) is 0 Å². The average Bonchev–Trinajstić information content (AvgIpc) is 2.96. The molecule has 0 atom stereocenters. The van der Waals surface area contributed by atoms with Crippen LogP contribution in [0, 0.1) is 0 Å². The highest BCUT2D eigenvalue weighted by molar-refractivity contribution is 5.69. The summed E-state index contributed by atoms with van der Waals surface area (Å²) in [5.74, 6) is 0.295. The lowest BCUT2D eigenvalue weighted by molar-refractivity contribution is 0.475. The predicted octanol–water partition coefficient (Wildman–Crippen LogP) is 2.43. The monoisotopic (exact) mass is 286 g/mol. The van der Waals surface area contributed by atoms with E-state index in [0.29, 0.717) is 5.75 Å². The number of phenols is 1. The molecule has 2 nitrogen and oxygen atoms in total. The Morgan fingerprint density at radius 1 is 0.727 bits per heavy atom. The van der Waals surface area contributed by atoms with E-state index in [1.807, 2.05) is 18.2 Å². The van der Waals surface area contributed by atoms with Crippen LogP contribution in [-0.2, 0) is 0 Å². The van der Waals surface area contributed by atoms with Crippen molar-refractivity contribution >= 4 is 11.3 Å². The van der Waals surface area contributed by atoms with Crippen LogP contribution in [0.5, 0.6) is 5.75 Å². The molecule has 0 radical (unpaired) electrons. The molecule has 0 aromatic heterocycles. The highest BCUT2D eigenvalue weighted by Gasteiger charge is 2.22. The number of hydrogen-bond donors (Lipinski definition) is 1. The Kier molecular flexibility index (Phi) is 3.01. The number of phenolic OH excluding ortho intramolecular Hbond substituents is 1. The first-order valence-electron chi connectivity index (χ1n) is 7.40. The molecule has 106 valence electrons. The van der Waals surface area contributed by atoms with Gasteiger partial charge in [-0.15, -0.1) is 0 Å². The van der Waals surface area contributed by atoms with Crippen LogP contribution in [0.4, 0.5) is 5.69 Å². The van der Waals surface area contributed by atoms with Crippen molar-refractivity contribution in [3.63, 3.8) is 0 Å². The second kappa shape index (κ2) is 5.15. The van der Waals surface area contributed by atoms with Gasteiger partial charge in [-0.3, -0.25) is 0 Å². The third kappa shape index (κ3) is 2.09. The molecule has 1 N–H and O–H groups in total. The summed E-state index contributed by atoms with van der Waals surface area (Å²) in [4.78, 5) is 0. The van der Waals surface area contributed by atoms with Crippen molar-refractivity contribution in [2.75, 3.05) is 6.54 Å². The van der Waals surface area contributed by atoms with Gasteiger partial charge in [-0.1, -0.05) is 42.5 Å². The predicted molar refractivity (Wildman–Crippen MR) is 88.5 cm³/mol. The number of rotatable bonds is 2. The lowest BCUT2D eigenvalue weighted by Crippen LogP contribution is -2.30. The van der Waals surface area contributed by atoms with E-state index in [4.69, 9.17) is 0 Å². The summed E-state index contributed by atoms with van der Waals surface area (Å²) in [6.07, 6.45) is 0. The van der Waals surface area contributed by atoms with Gasteiger partial charge in [0.15, 0.2) is 6.54 Å². The Balaban J connectivity index is 1.97. The molecule has 0 aliphatic carbocycles. The van der Waals surface area contributed by atoms with Gasteiger partial charge in [0.25, 0.3) is 0 Å². The van der Waals surface area contributed by atoms with Gasteiger partial charge in [0.05, 0.1) is 5.22 Å². The third-order valence-electron chi connectivity index (χ3n) is 4.12. The molecule has 3 aromatic carbocycles. The molecule has 0 saturated carbocycles. The Morgan fingerprint density at radius 2 is 1.41 bits per heavy atom. The molecule has 0 bridgehead atoms. The minimum absolute atomic E-state index is 0.295. The number of aromatic hydroxyl groups is 1. The lowest BCUT2D eigenvalue weighted by Gasteiger charge is -2.02. The van der Waals surface area contributed by atoms with E-state index in [9.17, 15) is 5.11 Å². The first kappa shape index (κ1) is 12.8. The van der Waals surface area contributed by atoms with Crippen molar-refractivity contribution in [2.45, 2.75) is 0 Å². The van der Waals surface area contributed by atoms with Crippen LogP contribution in [0.25, 0.3) is 5.57 Å². The molecule has 3 aromatic rings. The Labute approximate surface area is 128 Å². The number of hydrogen-bond acceptors (Lipinski definition) is 1. The molecule has 2 heteroatoms. The van der Waals surface area contributed by atoms with Gasteiger partial charge in [-0.05, 0) is 23.8 Å². The Morgan fingerprint density at radius 3 is 2.18 bits per heavy atom. The zero-order valence-corrected chi connectivity index (χ0v) is 12.1. The maximum absolute atomic E-state index is 9.50. The standard InChI is InChI=1S/C20H15NO/c22-17-12-10-16(11-13-17)21-14-19(15-6-2-1-3-7-15)18-8-4-5-9-20(18)21/h1-13H,14H2/p+1. The van der Waals surface area contributed by atoms with Crippen molar-refractivity contribution < 1.29 is 5.11 Å². The molecule has 22 heavy (non-hydrogen) atoms. The first-order chi connectivity index (χ1) is 10.8. The van der Waals surface area contributed by atoms with E-state index < -0.39 is 0 Å². The fraction of sp³-hybridized carbons (Fsp3) is 0.0500. The summed E-state index contributed by atoms with van der Waals surface area (Å²) in [6, 6.07) is 26.4. The van der Waals surface area contributed by atoms with Gasteiger partial charge in [0, 0.05) is 23.8 Å². The molecule has 0 fully saturated rings. The van der Waals surface area contributed by atoms with Crippen LogP contribution < -0.4 is 15.2 Å². The van der Waals surface area contributed by atoms with Crippen LogP contribution in [0.3, 0.4) is 0 Å². The number of nitrogens with zero attached hydrogens (tertiary/aromatic N) is 1. The zero-order chi connectivity index (χ0) is 14.9. The maximum Gasteiger partial charge on any atom is 0.213 e. The van der Waals surface area contributed by atoms with Gasteiger partial charge >= 0.3 is 0 Å². The van der Waals surface area contributed by atoms with E-state index in [-0.39, 0.29) is 0 Å². The Hall–Kier alpha value is -2.87. The highest BCUT2D eigenvalue weighted by Crippen LogP contribution is 2.19. The van der Waals surface area contributed by atoms with E-state index in [1.165, 1.54) is 21.7 Å². The van der Waals surface area contributed by atoms with Crippen molar-refractivity contribution in [3.8, 4) is 5.75 Å². The zero-order valence-electron chi connectivity index (χ0n) is 12.1. The third-order valence-corrected chi connectivity index (χ3v) is 4.12. The molecule has 0 amide bonds. The van der Waals surface area contributed by atoms with Crippen molar-refractivity contribution in [1.82, 2.24) is 4.58 Å². The van der Waals surface area contributed by atoms with Gasteiger partial charge < -0.3 is 5.11 Å². The summed E-state index contributed by atoms with van der Waals surface area (Å²) in [5, 5.41) is 12.0. The van der Waals surface area contributed by atoms with E-state index in [2.05, 4.69) is 53.1 Å². The van der Waals surface area contributed by atoms with E-state index in [0.717, 1.165) is 12.2 Å². The normalized spacial score (nSPS) is 13.3. The van der Waals surface area contributed by atoms with Gasteiger partial charge in [0.1, 0.15) is 5.75 Å². The molecular formula is C20H16NO+. The molecule has 1 heterocycles. The van der Waals surface area contributed by atoms with Crippen LogP contribution in [-0.4, -0.2) is 11.7 Å². The fourth-order valence-electron chi connectivity index (χ4n) is 3.04. The Bertz CT molecular complexity index is 941. The minimum atomic E-state index is 0.295. The summed E-state index contributed by atoms with van der Waals surface area (Å²) < 4.78 is 2.29. The number of para-hydroxylation sites is 1. The highest BCUT2D eigenvalue weighted by atomic mass is 16.3. The van der Waals surface area contributed by atoms with Crippen LogP contribution >= 0.6 is 0 Å². The molecule has 4 rings (SSSR count). The topological polar surface area (TPSA) is 23.2 Å². The summed E-state index contributed by atoms with van der Waals surface area (Å²) in [6.45, 7) is 0.841. The summed E-state index contributed by atoms with van der Waals surface area (Å²) in [5.41, 5.74) is 3.69. The van der Waals surface area contributed by atoms with Crippen LogP contribution in [0.1, 0.15) is 5.56 Å². The van der Waals surface area contributed by atoms with Crippen LogP contribution in [0.2, 0.25) is 0 Å². The van der Waals surface area contributed by atoms with Crippen molar-refractivity contribution in [3.05, 3.63) is 95.0 Å². The second-order valence-electron chi connectivity index (χ2n) is 5.46.